The van der Waals surface area contributed by atoms with Crippen LogP contribution in [0.4, 0.5) is 25.8 Å². The zero-order chi connectivity index (χ0) is 32.8. The summed E-state index contributed by atoms with van der Waals surface area (Å²) in [5.74, 6) is -9.71. The van der Waals surface area contributed by atoms with Gasteiger partial charge in [0.2, 0.25) is 23.6 Å². The third-order valence-corrected chi connectivity index (χ3v) is 10.4. The smallest absolute Gasteiger partial charge is 0.271 e. The fourth-order valence-electron chi connectivity index (χ4n) is 7.99. The molecule has 234 valence electrons. The van der Waals surface area contributed by atoms with Crippen LogP contribution in [0.1, 0.15) is 31.2 Å². The standard InChI is InChI=1S/C33H24ClF2N3O7/c1-33-22(30(42)38(32(33)44)16-8-11-24(35)23(34)13-16)14-21-18(27(33)20-6-3-7-25(36)28(20)40)9-10-19-26(21)31(43)37(29(19)41)15-4-2-5-17(12-15)39(45)46/h2-9,11-13,19,21-22,26-27,40H,10,14H2,1H3. The van der Waals surface area contributed by atoms with Crippen LogP contribution >= 0.6 is 11.6 Å². The predicted molar refractivity (Wildman–Crippen MR) is 160 cm³/mol. The molecule has 0 bridgehead atoms. The van der Waals surface area contributed by atoms with Crippen LogP contribution in [0.3, 0.4) is 0 Å². The lowest BCUT2D eigenvalue weighted by molar-refractivity contribution is -0.384. The van der Waals surface area contributed by atoms with Gasteiger partial charge in [-0.25, -0.2) is 18.6 Å². The van der Waals surface area contributed by atoms with Crippen LogP contribution in [0, 0.1) is 50.8 Å². The molecule has 2 aliphatic carbocycles. The molecule has 4 aliphatic rings. The molecule has 10 nitrogen and oxygen atoms in total. The van der Waals surface area contributed by atoms with E-state index in [2.05, 4.69) is 0 Å². The number of phenolic OH excluding ortho intramolecular Hbond substituents is 1. The summed E-state index contributed by atoms with van der Waals surface area (Å²) < 4.78 is 28.9. The number of amides is 4. The van der Waals surface area contributed by atoms with Gasteiger partial charge in [-0.15, -0.1) is 0 Å². The van der Waals surface area contributed by atoms with Crippen molar-refractivity contribution in [3.8, 4) is 5.75 Å². The Balaban J connectivity index is 1.37. The number of carbonyl (C=O) groups is 4. The number of nitrogens with zero attached hydrogens (tertiary/aromatic N) is 3. The highest BCUT2D eigenvalue weighted by atomic mass is 35.5. The summed E-state index contributed by atoms with van der Waals surface area (Å²) in [6.45, 7) is 1.55. The predicted octanol–water partition coefficient (Wildman–Crippen LogP) is 5.67. The largest absolute Gasteiger partial charge is 0.505 e. The van der Waals surface area contributed by atoms with E-state index in [1.165, 1.54) is 36.4 Å². The molecule has 0 aromatic heterocycles. The molecule has 2 aliphatic heterocycles. The van der Waals surface area contributed by atoms with Gasteiger partial charge in [0.1, 0.15) is 5.82 Å². The second-order valence-electron chi connectivity index (χ2n) is 12.2. The van der Waals surface area contributed by atoms with Gasteiger partial charge in [0.05, 0.1) is 44.5 Å². The Hall–Kier alpha value is -4.97. The lowest BCUT2D eigenvalue weighted by Gasteiger charge is -2.49. The van der Waals surface area contributed by atoms with Gasteiger partial charge in [-0.05, 0) is 56.0 Å². The number of para-hydroxylation sites is 1. The lowest BCUT2D eigenvalue weighted by Crippen LogP contribution is -2.49. The number of aromatic hydroxyl groups is 1. The van der Waals surface area contributed by atoms with Gasteiger partial charge in [-0.2, -0.15) is 0 Å². The number of anilines is 2. The molecule has 46 heavy (non-hydrogen) atoms. The third kappa shape index (κ3) is 3.98. The van der Waals surface area contributed by atoms with Crippen molar-refractivity contribution in [2.75, 3.05) is 9.80 Å². The molecular weight excluding hydrogens is 624 g/mol. The molecule has 0 spiro atoms. The Morgan fingerprint density at radius 2 is 1.63 bits per heavy atom. The Bertz CT molecular complexity index is 1950. The summed E-state index contributed by atoms with van der Waals surface area (Å²) >= 11 is 6.00. The maximum absolute atomic E-state index is 14.8. The monoisotopic (exact) mass is 647 g/mol. The van der Waals surface area contributed by atoms with Crippen LogP contribution in [0.15, 0.2) is 72.3 Å². The lowest BCUT2D eigenvalue weighted by atomic mass is 9.51. The van der Waals surface area contributed by atoms with Crippen LogP contribution in [0.2, 0.25) is 5.02 Å². The number of imide groups is 2. The summed E-state index contributed by atoms with van der Waals surface area (Å²) in [6, 6.07) is 12.5. The number of non-ortho nitro benzene ring substituents is 1. The van der Waals surface area contributed by atoms with Crippen molar-refractivity contribution < 1.29 is 38.0 Å². The number of rotatable bonds is 4. The van der Waals surface area contributed by atoms with Crippen LogP contribution in [0.25, 0.3) is 0 Å². The first-order chi connectivity index (χ1) is 21.9. The SMILES string of the molecule is CC12C(=O)N(c3ccc(F)c(Cl)c3)C(=O)C1CC1C(=CCC3C(=O)N(c4cccc([N+](=O)[O-])c4)C(=O)C31)C2c1cccc(F)c1O. The molecule has 3 fully saturated rings. The summed E-state index contributed by atoms with van der Waals surface area (Å²) in [4.78, 5) is 69.0. The molecule has 7 rings (SSSR count). The second kappa shape index (κ2) is 10.3. The fraction of sp³-hybridized carbons (Fsp3) is 0.273. The molecule has 6 atom stereocenters. The number of allylic oxidation sites excluding steroid dienone is 2. The molecular formula is C33H24ClF2N3O7. The molecule has 2 heterocycles. The van der Waals surface area contributed by atoms with Gasteiger partial charge in [-0.1, -0.05) is 41.4 Å². The average molecular weight is 648 g/mol. The number of phenols is 1. The van der Waals surface area contributed by atoms with E-state index in [0.29, 0.717) is 5.57 Å². The highest BCUT2D eigenvalue weighted by Gasteiger charge is 2.68. The first-order valence-corrected chi connectivity index (χ1v) is 14.9. The van der Waals surface area contributed by atoms with Crippen LogP contribution < -0.4 is 9.80 Å². The number of halogens is 3. The number of hydrogen-bond acceptors (Lipinski definition) is 7. The van der Waals surface area contributed by atoms with Gasteiger partial charge in [0, 0.05) is 23.6 Å². The van der Waals surface area contributed by atoms with Gasteiger partial charge < -0.3 is 5.11 Å². The second-order valence-corrected chi connectivity index (χ2v) is 12.6. The molecule has 3 aromatic carbocycles. The van der Waals surface area contributed by atoms with Gasteiger partial charge >= 0.3 is 0 Å². The zero-order valence-electron chi connectivity index (χ0n) is 24.0. The van der Waals surface area contributed by atoms with Crippen LogP contribution in [-0.2, 0) is 19.2 Å². The minimum absolute atomic E-state index is 0.0260. The molecule has 13 heteroatoms. The molecule has 6 unspecified atom stereocenters. The number of nitro benzene ring substituents is 1. The van der Waals surface area contributed by atoms with E-state index in [9.17, 15) is 43.2 Å². The summed E-state index contributed by atoms with van der Waals surface area (Å²) in [5.41, 5.74) is -1.29. The highest BCUT2D eigenvalue weighted by molar-refractivity contribution is 6.32. The Labute approximate surface area is 265 Å². The van der Waals surface area contributed by atoms with Crippen LogP contribution in [-0.4, -0.2) is 33.7 Å². The molecule has 4 amide bonds. The van der Waals surface area contributed by atoms with E-state index in [4.69, 9.17) is 11.6 Å². The van der Waals surface area contributed by atoms with Crippen molar-refractivity contribution in [1.29, 1.82) is 0 Å². The Morgan fingerprint density at radius 1 is 0.913 bits per heavy atom. The van der Waals surface area contributed by atoms with E-state index in [1.807, 2.05) is 0 Å². The summed E-state index contributed by atoms with van der Waals surface area (Å²) in [5, 5.41) is 22.1. The fourth-order valence-corrected chi connectivity index (χ4v) is 8.17. The van der Waals surface area contributed by atoms with Crippen molar-refractivity contribution in [3.63, 3.8) is 0 Å². The minimum atomic E-state index is -1.58. The minimum Gasteiger partial charge on any atom is -0.505 e. The van der Waals surface area contributed by atoms with E-state index >= 15 is 0 Å². The third-order valence-electron chi connectivity index (χ3n) is 10.1. The van der Waals surface area contributed by atoms with Gasteiger partial charge in [0.15, 0.2) is 11.6 Å². The Morgan fingerprint density at radius 3 is 2.35 bits per heavy atom. The number of nitro groups is 1. The average Bonchev–Trinajstić information content (AvgIpc) is 3.40. The molecule has 1 saturated carbocycles. The molecule has 2 saturated heterocycles. The van der Waals surface area contributed by atoms with E-state index in [-0.39, 0.29) is 40.5 Å². The van der Waals surface area contributed by atoms with Gasteiger partial charge in [-0.3, -0.25) is 29.3 Å². The number of hydrogen-bond donors (Lipinski definition) is 1. The van der Waals surface area contributed by atoms with E-state index < -0.39 is 80.9 Å². The zero-order valence-corrected chi connectivity index (χ0v) is 24.8. The van der Waals surface area contributed by atoms with Gasteiger partial charge in [0.25, 0.3) is 5.69 Å². The topological polar surface area (TPSA) is 138 Å². The van der Waals surface area contributed by atoms with E-state index in [0.717, 1.165) is 34.1 Å². The quantitative estimate of drug-likeness (QED) is 0.167. The summed E-state index contributed by atoms with van der Waals surface area (Å²) in [6.07, 6.45) is 1.76. The summed E-state index contributed by atoms with van der Waals surface area (Å²) in [7, 11) is 0. The number of fused-ring (bicyclic) bond motifs is 4. The first-order valence-electron chi connectivity index (χ1n) is 14.5. The normalized spacial score (nSPS) is 28.6. The maximum Gasteiger partial charge on any atom is 0.271 e. The number of benzene rings is 3. The van der Waals surface area contributed by atoms with Crippen molar-refractivity contribution in [3.05, 3.63) is 105 Å². The molecule has 3 aromatic rings. The van der Waals surface area contributed by atoms with Crippen molar-refractivity contribution in [2.45, 2.75) is 25.7 Å². The van der Waals surface area contributed by atoms with Crippen molar-refractivity contribution in [2.24, 2.45) is 29.1 Å². The first kappa shape index (κ1) is 29.7. The molecule has 1 N–H and O–H groups in total. The Kier molecular flexibility index (Phi) is 6.64. The van der Waals surface area contributed by atoms with E-state index in [1.54, 1.807) is 13.0 Å². The maximum atomic E-state index is 14.8. The molecule has 0 radical (unpaired) electrons. The number of carbonyl (C=O) groups excluding carboxylic acids is 4. The van der Waals surface area contributed by atoms with Crippen molar-refractivity contribution in [1.82, 2.24) is 0 Å². The van der Waals surface area contributed by atoms with Crippen molar-refractivity contribution >= 4 is 52.3 Å². The highest BCUT2D eigenvalue weighted by Crippen LogP contribution is 2.64. The van der Waals surface area contributed by atoms with Crippen LogP contribution in [0.5, 0.6) is 5.75 Å².